The van der Waals surface area contributed by atoms with Crippen LogP contribution in [0.3, 0.4) is 0 Å². The molecule has 0 spiro atoms. The molecular weight excluding hydrogens is 389 g/mol. The van der Waals surface area contributed by atoms with E-state index in [0.717, 1.165) is 17.7 Å². The number of anilines is 1. The summed E-state index contributed by atoms with van der Waals surface area (Å²) < 4.78 is 15.1. The van der Waals surface area contributed by atoms with E-state index < -0.39 is 22.3 Å². The molecule has 4 rings (SSSR count). The maximum Gasteiger partial charge on any atom is 0.306 e. The summed E-state index contributed by atoms with van der Waals surface area (Å²) in [5.41, 5.74) is 0.789. The molecule has 3 aromatic carbocycles. The predicted molar refractivity (Wildman–Crippen MR) is 108 cm³/mol. The predicted octanol–water partition coefficient (Wildman–Crippen LogP) is 4.23. The standard InChI is InChI=1S/C21H14FN5O3/c22-17-12-11-15(13-18(17)27(29)30)23-21(28)19-24-20(14-7-3-1-4-8-14)26(25-19)16-9-5-2-6-10-16/h1-13H,(H,23,28). The Morgan fingerprint density at radius 3 is 2.33 bits per heavy atom. The van der Waals surface area contributed by atoms with E-state index in [-0.39, 0.29) is 11.5 Å². The Balaban J connectivity index is 1.71. The van der Waals surface area contributed by atoms with Crippen molar-refractivity contribution in [3.63, 3.8) is 0 Å². The number of nitrogens with zero attached hydrogens (tertiary/aromatic N) is 4. The molecule has 1 N–H and O–H groups in total. The van der Waals surface area contributed by atoms with E-state index in [9.17, 15) is 19.3 Å². The van der Waals surface area contributed by atoms with Gasteiger partial charge in [-0.2, -0.15) is 4.39 Å². The molecule has 0 saturated carbocycles. The van der Waals surface area contributed by atoms with Crippen LogP contribution in [-0.4, -0.2) is 25.6 Å². The number of para-hydroxylation sites is 1. The van der Waals surface area contributed by atoms with E-state index in [4.69, 9.17) is 0 Å². The lowest BCUT2D eigenvalue weighted by Gasteiger charge is -2.05. The summed E-state index contributed by atoms with van der Waals surface area (Å²) in [6, 6.07) is 21.5. The van der Waals surface area contributed by atoms with Crippen molar-refractivity contribution < 1.29 is 14.1 Å². The van der Waals surface area contributed by atoms with E-state index in [1.807, 2.05) is 60.7 Å². The van der Waals surface area contributed by atoms with Gasteiger partial charge in [-0.25, -0.2) is 9.67 Å². The molecular formula is C21H14FN5O3. The second kappa shape index (κ2) is 7.92. The van der Waals surface area contributed by atoms with Gasteiger partial charge in [0.2, 0.25) is 11.6 Å². The molecule has 1 amide bonds. The molecule has 0 unspecified atom stereocenters. The van der Waals surface area contributed by atoms with E-state index in [1.165, 1.54) is 10.7 Å². The van der Waals surface area contributed by atoms with Gasteiger partial charge in [0.15, 0.2) is 5.82 Å². The number of carbonyl (C=O) groups is 1. The first kappa shape index (κ1) is 18.9. The Morgan fingerprint density at radius 2 is 1.67 bits per heavy atom. The number of nitrogens with one attached hydrogen (secondary N) is 1. The molecule has 1 aromatic heterocycles. The highest BCUT2D eigenvalue weighted by molar-refractivity contribution is 6.02. The average molecular weight is 403 g/mol. The molecule has 9 heteroatoms. The van der Waals surface area contributed by atoms with Gasteiger partial charge in [-0.05, 0) is 24.3 Å². The van der Waals surface area contributed by atoms with Gasteiger partial charge in [-0.15, -0.1) is 5.10 Å². The number of rotatable bonds is 5. The molecule has 8 nitrogen and oxygen atoms in total. The lowest BCUT2D eigenvalue weighted by molar-refractivity contribution is -0.387. The lowest BCUT2D eigenvalue weighted by atomic mass is 10.2. The van der Waals surface area contributed by atoms with Crippen molar-refractivity contribution in [2.24, 2.45) is 0 Å². The topological polar surface area (TPSA) is 103 Å². The molecule has 0 saturated heterocycles. The molecule has 0 fully saturated rings. The summed E-state index contributed by atoms with van der Waals surface area (Å²) in [6.45, 7) is 0. The van der Waals surface area contributed by atoms with Crippen molar-refractivity contribution in [3.05, 3.63) is 101 Å². The molecule has 0 bridgehead atoms. The number of aromatic nitrogens is 3. The molecule has 0 aliphatic heterocycles. The summed E-state index contributed by atoms with van der Waals surface area (Å²) in [6.07, 6.45) is 0. The highest BCUT2D eigenvalue weighted by Crippen LogP contribution is 2.23. The minimum atomic E-state index is -0.990. The number of halogens is 1. The second-order valence-electron chi connectivity index (χ2n) is 6.25. The maximum atomic E-state index is 13.5. The van der Waals surface area contributed by atoms with Gasteiger partial charge in [0.1, 0.15) is 0 Å². The number of hydrogen-bond donors (Lipinski definition) is 1. The van der Waals surface area contributed by atoms with Gasteiger partial charge in [0.25, 0.3) is 5.91 Å². The SMILES string of the molecule is O=C(Nc1ccc(F)c([N+](=O)[O-])c1)c1nc(-c2ccccc2)n(-c2ccccc2)n1. The van der Waals surface area contributed by atoms with E-state index in [0.29, 0.717) is 11.5 Å². The molecule has 0 atom stereocenters. The fourth-order valence-corrected chi connectivity index (χ4v) is 2.85. The Morgan fingerprint density at radius 1 is 1.00 bits per heavy atom. The molecule has 30 heavy (non-hydrogen) atoms. The normalized spacial score (nSPS) is 10.6. The van der Waals surface area contributed by atoms with Gasteiger partial charge < -0.3 is 5.32 Å². The van der Waals surface area contributed by atoms with Crippen LogP contribution in [0.15, 0.2) is 78.9 Å². The first-order valence-electron chi connectivity index (χ1n) is 8.86. The largest absolute Gasteiger partial charge is 0.319 e. The van der Waals surface area contributed by atoms with Crippen molar-refractivity contribution in [2.45, 2.75) is 0 Å². The summed E-state index contributed by atoms with van der Waals surface area (Å²) >= 11 is 0. The van der Waals surface area contributed by atoms with Crippen LogP contribution in [-0.2, 0) is 0 Å². The van der Waals surface area contributed by atoms with Gasteiger partial charge in [-0.1, -0.05) is 48.5 Å². The minimum Gasteiger partial charge on any atom is -0.319 e. The Kier molecular flexibility index (Phi) is 5.00. The Labute approximate surface area is 169 Å². The third kappa shape index (κ3) is 3.76. The van der Waals surface area contributed by atoms with Crippen LogP contribution < -0.4 is 5.32 Å². The van der Waals surface area contributed by atoms with Crippen molar-refractivity contribution >= 4 is 17.3 Å². The van der Waals surface area contributed by atoms with Crippen LogP contribution in [0.5, 0.6) is 0 Å². The monoisotopic (exact) mass is 403 g/mol. The zero-order valence-electron chi connectivity index (χ0n) is 15.4. The Hall–Kier alpha value is -4.40. The van der Waals surface area contributed by atoms with Crippen LogP contribution in [0, 0.1) is 15.9 Å². The van der Waals surface area contributed by atoms with Gasteiger partial charge in [0.05, 0.1) is 10.6 Å². The fraction of sp³-hybridized carbons (Fsp3) is 0. The summed E-state index contributed by atoms with van der Waals surface area (Å²) in [5.74, 6) is -1.35. The number of amides is 1. The fourth-order valence-electron chi connectivity index (χ4n) is 2.85. The van der Waals surface area contributed by atoms with Crippen molar-refractivity contribution in [1.82, 2.24) is 14.8 Å². The minimum absolute atomic E-state index is 0.0606. The van der Waals surface area contributed by atoms with E-state index >= 15 is 0 Å². The van der Waals surface area contributed by atoms with E-state index in [1.54, 1.807) is 0 Å². The first-order chi connectivity index (χ1) is 14.5. The third-order valence-corrected chi connectivity index (χ3v) is 4.24. The van der Waals surface area contributed by atoms with Crippen LogP contribution >= 0.6 is 0 Å². The number of benzene rings is 3. The van der Waals surface area contributed by atoms with Gasteiger partial charge in [-0.3, -0.25) is 14.9 Å². The zero-order valence-corrected chi connectivity index (χ0v) is 15.4. The quantitative estimate of drug-likeness (QED) is 0.397. The Bertz CT molecular complexity index is 1170. The lowest BCUT2D eigenvalue weighted by Crippen LogP contribution is -2.14. The molecule has 4 aromatic rings. The van der Waals surface area contributed by atoms with Crippen LogP contribution in [0.25, 0.3) is 17.1 Å². The number of carbonyl (C=O) groups excluding carboxylic acids is 1. The summed E-state index contributed by atoms with van der Waals surface area (Å²) in [4.78, 5) is 27.1. The van der Waals surface area contributed by atoms with Gasteiger partial charge in [0, 0.05) is 17.3 Å². The number of nitro benzene ring substituents is 1. The zero-order chi connectivity index (χ0) is 21.1. The molecule has 1 heterocycles. The van der Waals surface area contributed by atoms with Crippen LogP contribution in [0.4, 0.5) is 15.8 Å². The van der Waals surface area contributed by atoms with Crippen LogP contribution in [0.1, 0.15) is 10.6 Å². The van der Waals surface area contributed by atoms with Crippen molar-refractivity contribution in [1.29, 1.82) is 0 Å². The van der Waals surface area contributed by atoms with Crippen LogP contribution in [0.2, 0.25) is 0 Å². The van der Waals surface area contributed by atoms with Crippen molar-refractivity contribution in [2.75, 3.05) is 5.32 Å². The highest BCUT2D eigenvalue weighted by Gasteiger charge is 2.20. The van der Waals surface area contributed by atoms with Gasteiger partial charge >= 0.3 is 5.69 Å². The third-order valence-electron chi connectivity index (χ3n) is 4.24. The number of hydrogen-bond acceptors (Lipinski definition) is 5. The number of nitro groups is 1. The maximum absolute atomic E-state index is 13.5. The summed E-state index contributed by atoms with van der Waals surface area (Å²) in [5, 5.41) is 17.7. The highest BCUT2D eigenvalue weighted by atomic mass is 19.1. The average Bonchev–Trinajstić information content (AvgIpc) is 3.22. The molecule has 0 radical (unpaired) electrons. The second-order valence-corrected chi connectivity index (χ2v) is 6.25. The molecule has 148 valence electrons. The van der Waals surface area contributed by atoms with Crippen molar-refractivity contribution in [3.8, 4) is 17.1 Å². The molecule has 0 aliphatic rings. The molecule has 0 aliphatic carbocycles. The summed E-state index contributed by atoms with van der Waals surface area (Å²) in [7, 11) is 0. The van der Waals surface area contributed by atoms with E-state index in [2.05, 4.69) is 15.4 Å². The first-order valence-corrected chi connectivity index (χ1v) is 8.86. The smallest absolute Gasteiger partial charge is 0.306 e.